The highest BCUT2D eigenvalue weighted by Gasteiger charge is 2.14. The second kappa shape index (κ2) is 6.53. The van der Waals surface area contributed by atoms with E-state index in [0.29, 0.717) is 6.10 Å². The molecule has 1 aliphatic heterocycles. The molecule has 1 atom stereocenters. The Morgan fingerprint density at radius 2 is 2.35 bits per heavy atom. The van der Waals surface area contributed by atoms with Gasteiger partial charge in [-0.2, -0.15) is 0 Å². The lowest BCUT2D eigenvalue weighted by Gasteiger charge is -2.09. The lowest BCUT2D eigenvalue weighted by molar-refractivity contribution is 0.104. The van der Waals surface area contributed by atoms with Gasteiger partial charge in [-0.1, -0.05) is 11.6 Å². The van der Waals surface area contributed by atoms with Crippen molar-refractivity contribution in [2.24, 2.45) is 0 Å². The molecule has 0 aromatic heterocycles. The average molecular weight is 272 g/mol. The Morgan fingerprint density at radius 1 is 1.47 bits per heavy atom. The van der Waals surface area contributed by atoms with E-state index >= 15 is 0 Å². The van der Waals surface area contributed by atoms with Crippen molar-refractivity contribution in [1.82, 2.24) is 0 Å². The van der Waals surface area contributed by atoms with Gasteiger partial charge in [-0.3, -0.25) is 0 Å². The second-order valence-corrected chi connectivity index (χ2v) is 5.88. The highest BCUT2D eigenvalue weighted by Crippen LogP contribution is 2.29. The molecule has 1 aromatic carbocycles. The fourth-order valence-electron chi connectivity index (χ4n) is 2.00. The maximum Gasteiger partial charge on any atom is 0.0576 e. The van der Waals surface area contributed by atoms with Crippen LogP contribution >= 0.6 is 23.4 Å². The van der Waals surface area contributed by atoms with E-state index in [4.69, 9.17) is 22.1 Å². The topological polar surface area (TPSA) is 35.2 Å². The summed E-state index contributed by atoms with van der Waals surface area (Å²) in [6.07, 6.45) is 5.27. The van der Waals surface area contributed by atoms with Crippen LogP contribution in [0.4, 0.5) is 5.69 Å². The van der Waals surface area contributed by atoms with Crippen LogP contribution in [0.25, 0.3) is 0 Å². The molecule has 2 rings (SSSR count). The van der Waals surface area contributed by atoms with E-state index in [2.05, 4.69) is 0 Å². The first-order valence-electron chi connectivity index (χ1n) is 6.05. The molecule has 2 N–H and O–H groups in total. The highest BCUT2D eigenvalue weighted by atomic mass is 35.5. The number of nitrogens with two attached hydrogens (primary N) is 1. The van der Waals surface area contributed by atoms with E-state index in [1.807, 2.05) is 18.2 Å². The molecule has 0 saturated carbocycles. The number of ether oxygens (including phenoxy) is 1. The Balaban J connectivity index is 1.72. The normalized spacial score (nSPS) is 19.7. The number of nitrogen functional groups attached to an aromatic ring is 1. The van der Waals surface area contributed by atoms with Crippen LogP contribution in [0, 0.1) is 0 Å². The van der Waals surface area contributed by atoms with Crippen molar-refractivity contribution in [1.29, 1.82) is 0 Å². The standard InChI is InChI=1S/C13H18ClNOS/c14-10-5-6-12(15)13(9-10)17-8-2-4-11-3-1-7-16-11/h5-6,9,11H,1-4,7-8,15H2. The van der Waals surface area contributed by atoms with Gasteiger partial charge in [0.25, 0.3) is 0 Å². The van der Waals surface area contributed by atoms with Crippen molar-refractivity contribution in [3.63, 3.8) is 0 Å². The van der Waals surface area contributed by atoms with Gasteiger partial charge in [0.1, 0.15) is 0 Å². The predicted molar refractivity (Wildman–Crippen MR) is 74.8 cm³/mol. The van der Waals surface area contributed by atoms with Crippen molar-refractivity contribution in [2.45, 2.75) is 36.7 Å². The number of anilines is 1. The molecule has 0 radical (unpaired) electrons. The first kappa shape index (κ1) is 13.1. The molecule has 17 heavy (non-hydrogen) atoms. The summed E-state index contributed by atoms with van der Waals surface area (Å²) in [7, 11) is 0. The van der Waals surface area contributed by atoms with Gasteiger partial charge < -0.3 is 10.5 Å². The summed E-state index contributed by atoms with van der Waals surface area (Å²) in [5.41, 5.74) is 6.71. The highest BCUT2D eigenvalue weighted by molar-refractivity contribution is 7.99. The Hall–Kier alpha value is -0.380. The van der Waals surface area contributed by atoms with Crippen molar-refractivity contribution in [3.05, 3.63) is 23.2 Å². The average Bonchev–Trinajstić information content (AvgIpc) is 2.82. The summed E-state index contributed by atoms with van der Waals surface area (Å²) in [6, 6.07) is 5.63. The van der Waals surface area contributed by atoms with Gasteiger partial charge in [-0.25, -0.2) is 0 Å². The molecular formula is C13H18ClNOS. The lowest BCUT2D eigenvalue weighted by atomic mass is 10.1. The van der Waals surface area contributed by atoms with Gasteiger partial charge >= 0.3 is 0 Å². The van der Waals surface area contributed by atoms with Gasteiger partial charge in [0.2, 0.25) is 0 Å². The van der Waals surface area contributed by atoms with Gasteiger partial charge in [0.15, 0.2) is 0 Å². The summed E-state index contributed by atoms with van der Waals surface area (Å²) in [4.78, 5) is 1.09. The fraction of sp³-hybridized carbons (Fsp3) is 0.538. The molecular weight excluding hydrogens is 254 g/mol. The van der Waals surface area contributed by atoms with Crippen molar-refractivity contribution in [3.8, 4) is 0 Å². The quantitative estimate of drug-likeness (QED) is 0.500. The van der Waals surface area contributed by atoms with E-state index in [1.54, 1.807) is 11.8 Å². The van der Waals surface area contributed by atoms with Crippen LogP contribution in [-0.2, 0) is 4.74 Å². The summed E-state index contributed by atoms with van der Waals surface area (Å²) in [5, 5.41) is 0.751. The lowest BCUT2D eigenvalue weighted by Crippen LogP contribution is -2.04. The van der Waals surface area contributed by atoms with Crippen LogP contribution in [0.2, 0.25) is 5.02 Å². The van der Waals surface area contributed by atoms with E-state index in [0.717, 1.165) is 34.4 Å². The zero-order valence-corrected chi connectivity index (χ0v) is 11.4. The number of hydrogen-bond acceptors (Lipinski definition) is 3. The van der Waals surface area contributed by atoms with Crippen LogP contribution in [0.1, 0.15) is 25.7 Å². The fourth-order valence-corrected chi connectivity index (χ4v) is 3.21. The van der Waals surface area contributed by atoms with E-state index in [1.165, 1.54) is 19.3 Å². The van der Waals surface area contributed by atoms with Gasteiger partial charge in [-0.15, -0.1) is 11.8 Å². The van der Waals surface area contributed by atoms with Crippen LogP contribution in [0.15, 0.2) is 23.1 Å². The number of rotatable bonds is 5. The molecule has 0 bridgehead atoms. The third-order valence-electron chi connectivity index (χ3n) is 2.93. The minimum atomic E-state index is 0.493. The second-order valence-electron chi connectivity index (χ2n) is 4.31. The van der Waals surface area contributed by atoms with Gasteiger partial charge in [-0.05, 0) is 49.6 Å². The molecule has 1 saturated heterocycles. The Bertz CT molecular complexity index is 366. The van der Waals surface area contributed by atoms with Crippen molar-refractivity contribution >= 4 is 29.1 Å². The molecule has 94 valence electrons. The van der Waals surface area contributed by atoms with E-state index in [9.17, 15) is 0 Å². The number of thioether (sulfide) groups is 1. The minimum absolute atomic E-state index is 0.493. The number of benzene rings is 1. The Kier molecular flexibility index (Phi) is 5.01. The number of halogens is 1. The summed E-state index contributed by atoms with van der Waals surface area (Å²) >= 11 is 7.72. The first-order chi connectivity index (χ1) is 8.25. The molecule has 2 nitrogen and oxygen atoms in total. The molecule has 0 spiro atoms. The monoisotopic (exact) mass is 271 g/mol. The van der Waals surface area contributed by atoms with Crippen LogP contribution < -0.4 is 5.73 Å². The molecule has 1 unspecified atom stereocenters. The molecule has 1 aliphatic rings. The first-order valence-corrected chi connectivity index (χ1v) is 7.41. The maximum absolute atomic E-state index is 5.94. The zero-order valence-electron chi connectivity index (χ0n) is 9.82. The third kappa shape index (κ3) is 4.09. The molecule has 0 amide bonds. The zero-order chi connectivity index (χ0) is 12.1. The van der Waals surface area contributed by atoms with Crippen LogP contribution in [0.3, 0.4) is 0 Å². The predicted octanol–water partition coefficient (Wildman–Crippen LogP) is 3.97. The molecule has 1 fully saturated rings. The van der Waals surface area contributed by atoms with E-state index < -0.39 is 0 Å². The van der Waals surface area contributed by atoms with E-state index in [-0.39, 0.29) is 0 Å². The van der Waals surface area contributed by atoms with Gasteiger partial charge in [0.05, 0.1) is 6.10 Å². The SMILES string of the molecule is Nc1ccc(Cl)cc1SCCCC1CCCO1. The van der Waals surface area contributed by atoms with Crippen molar-refractivity contribution < 1.29 is 4.74 Å². The molecule has 1 heterocycles. The van der Waals surface area contributed by atoms with Crippen LogP contribution in [0.5, 0.6) is 0 Å². The summed E-state index contributed by atoms with van der Waals surface area (Å²) < 4.78 is 5.59. The molecule has 1 aromatic rings. The van der Waals surface area contributed by atoms with Gasteiger partial charge in [0, 0.05) is 22.2 Å². The maximum atomic E-state index is 5.94. The van der Waals surface area contributed by atoms with Crippen molar-refractivity contribution in [2.75, 3.05) is 18.1 Å². The largest absolute Gasteiger partial charge is 0.398 e. The number of hydrogen-bond donors (Lipinski definition) is 1. The minimum Gasteiger partial charge on any atom is -0.398 e. The Labute approximate surface area is 112 Å². The summed E-state index contributed by atoms with van der Waals surface area (Å²) in [6.45, 7) is 0.944. The molecule has 0 aliphatic carbocycles. The van der Waals surface area contributed by atoms with Crippen LogP contribution in [-0.4, -0.2) is 18.5 Å². The smallest absolute Gasteiger partial charge is 0.0576 e. The third-order valence-corrected chi connectivity index (χ3v) is 4.32. The molecule has 4 heteroatoms. The summed E-state index contributed by atoms with van der Waals surface area (Å²) in [5.74, 6) is 1.07. The Morgan fingerprint density at radius 3 is 3.12 bits per heavy atom.